The first kappa shape index (κ1) is 12.3. The van der Waals surface area contributed by atoms with E-state index in [1.165, 1.54) is 24.1 Å². The third-order valence-electron chi connectivity index (χ3n) is 3.25. The quantitative estimate of drug-likeness (QED) is 0.690. The van der Waals surface area contributed by atoms with Crippen LogP contribution in [0.2, 0.25) is 0 Å². The summed E-state index contributed by atoms with van der Waals surface area (Å²) < 4.78 is 5.15. The SMILES string of the molecule is CCCC(C)c1conc1C(CC)CC. The second kappa shape index (κ2) is 5.94. The maximum absolute atomic E-state index is 5.15. The van der Waals surface area contributed by atoms with Crippen LogP contribution in [0.3, 0.4) is 0 Å². The van der Waals surface area contributed by atoms with Crippen molar-refractivity contribution in [2.45, 2.75) is 65.2 Å². The van der Waals surface area contributed by atoms with Gasteiger partial charge in [0.2, 0.25) is 0 Å². The first-order valence-electron chi connectivity index (χ1n) is 6.18. The van der Waals surface area contributed by atoms with Crippen LogP contribution in [0.15, 0.2) is 10.8 Å². The van der Waals surface area contributed by atoms with E-state index in [0.29, 0.717) is 11.8 Å². The first-order valence-corrected chi connectivity index (χ1v) is 6.18. The van der Waals surface area contributed by atoms with Crippen molar-refractivity contribution < 1.29 is 4.52 Å². The molecule has 1 aromatic heterocycles. The van der Waals surface area contributed by atoms with Crippen LogP contribution in [-0.4, -0.2) is 5.16 Å². The molecule has 2 nitrogen and oxygen atoms in total. The molecule has 2 heteroatoms. The second-order valence-corrected chi connectivity index (χ2v) is 4.36. The van der Waals surface area contributed by atoms with Crippen molar-refractivity contribution in [2.75, 3.05) is 0 Å². The lowest BCUT2D eigenvalue weighted by Gasteiger charge is -2.14. The van der Waals surface area contributed by atoms with Gasteiger partial charge in [-0.25, -0.2) is 0 Å². The summed E-state index contributed by atoms with van der Waals surface area (Å²) in [6.07, 6.45) is 6.57. The molecule has 0 N–H and O–H groups in total. The topological polar surface area (TPSA) is 26.0 Å². The summed E-state index contributed by atoms with van der Waals surface area (Å²) in [5, 5.41) is 4.19. The van der Waals surface area contributed by atoms with Gasteiger partial charge in [0.25, 0.3) is 0 Å². The third-order valence-corrected chi connectivity index (χ3v) is 3.25. The van der Waals surface area contributed by atoms with E-state index in [0.717, 1.165) is 12.8 Å². The molecule has 86 valence electrons. The summed E-state index contributed by atoms with van der Waals surface area (Å²) in [5.74, 6) is 1.15. The molecule has 1 rings (SSSR count). The van der Waals surface area contributed by atoms with E-state index in [9.17, 15) is 0 Å². The summed E-state index contributed by atoms with van der Waals surface area (Å²) in [4.78, 5) is 0. The highest BCUT2D eigenvalue weighted by molar-refractivity contribution is 5.22. The molecule has 0 aliphatic heterocycles. The molecular weight excluding hydrogens is 186 g/mol. The Morgan fingerprint density at radius 1 is 1.27 bits per heavy atom. The van der Waals surface area contributed by atoms with Gasteiger partial charge in [-0.15, -0.1) is 0 Å². The molecule has 0 fully saturated rings. The highest BCUT2D eigenvalue weighted by Gasteiger charge is 2.19. The molecule has 0 saturated heterocycles. The zero-order chi connectivity index (χ0) is 11.3. The Hall–Kier alpha value is -0.790. The fraction of sp³-hybridized carbons (Fsp3) is 0.769. The lowest BCUT2D eigenvalue weighted by molar-refractivity contribution is 0.402. The van der Waals surface area contributed by atoms with Gasteiger partial charge >= 0.3 is 0 Å². The van der Waals surface area contributed by atoms with E-state index in [1.807, 2.05) is 6.26 Å². The Morgan fingerprint density at radius 3 is 2.47 bits per heavy atom. The smallest absolute Gasteiger partial charge is 0.127 e. The summed E-state index contributed by atoms with van der Waals surface area (Å²) >= 11 is 0. The largest absolute Gasteiger partial charge is 0.364 e. The van der Waals surface area contributed by atoms with Crippen LogP contribution >= 0.6 is 0 Å². The summed E-state index contributed by atoms with van der Waals surface area (Å²) in [7, 11) is 0. The molecular formula is C13H23NO. The predicted molar refractivity (Wildman–Crippen MR) is 63.1 cm³/mol. The molecule has 1 atom stereocenters. The molecule has 15 heavy (non-hydrogen) atoms. The molecule has 0 amide bonds. The second-order valence-electron chi connectivity index (χ2n) is 4.36. The van der Waals surface area contributed by atoms with E-state index < -0.39 is 0 Å². The summed E-state index contributed by atoms with van der Waals surface area (Å²) in [5.41, 5.74) is 2.52. The Bertz CT molecular complexity index is 276. The Labute approximate surface area is 93.0 Å². The van der Waals surface area contributed by atoms with Gasteiger partial charge in [0.1, 0.15) is 6.26 Å². The van der Waals surface area contributed by atoms with Crippen molar-refractivity contribution in [3.63, 3.8) is 0 Å². The van der Waals surface area contributed by atoms with Crippen LogP contribution in [0.25, 0.3) is 0 Å². The van der Waals surface area contributed by atoms with Crippen molar-refractivity contribution in [3.05, 3.63) is 17.5 Å². The molecule has 0 radical (unpaired) electrons. The van der Waals surface area contributed by atoms with Crippen LogP contribution in [0, 0.1) is 0 Å². The van der Waals surface area contributed by atoms with Crippen LogP contribution < -0.4 is 0 Å². The normalized spacial score (nSPS) is 13.4. The fourth-order valence-corrected chi connectivity index (χ4v) is 2.20. The van der Waals surface area contributed by atoms with Crippen LogP contribution in [0.4, 0.5) is 0 Å². The predicted octanol–water partition coefficient (Wildman–Crippen LogP) is 4.48. The molecule has 1 aromatic rings. The van der Waals surface area contributed by atoms with Gasteiger partial charge in [-0.05, 0) is 25.2 Å². The van der Waals surface area contributed by atoms with E-state index in [1.54, 1.807) is 0 Å². The van der Waals surface area contributed by atoms with Gasteiger partial charge in [-0.2, -0.15) is 0 Å². The van der Waals surface area contributed by atoms with Crippen molar-refractivity contribution in [1.29, 1.82) is 0 Å². The Morgan fingerprint density at radius 2 is 1.93 bits per heavy atom. The van der Waals surface area contributed by atoms with Gasteiger partial charge in [0.05, 0.1) is 5.69 Å². The molecule has 1 heterocycles. The Balaban J connectivity index is 2.84. The number of nitrogens with zero attached hydrogens (tertiary/aromatic N) is 1. The zero-order valence-corrected chi connectivity index (χ0v) is 10.4. The zero-order valence-electron chi connectivity index (χ0n) is 10.4. The standard InChI is InChI=1S/C13H23NO/c1-5-8-10(4)12-9-15-14-13(12)11(6-2)7-3/h9-11H,5-8H2,1-4H3. The summed E-state index contributed by atoms with van der Waals surface area (Å²) in [6.45, 7) is 8.93. The van der Waals surface area contributed by atoms with Crippen LogP contribution in [-0.2, 0) is 0 Å². The lowest BCUT2D eigenvalue weighted by Crippen LogP contribution is -2.02. The average Bonchev–Trinajstić information content (AvgIpc) is 2.69. The highest BCUT2D eigenvalue weighted by atomic mass is 16.5. The van der Waals surface area contributed by atoms with Crippen molar-refractivity contribution in [3.8, 4) is 0 Å². The molecule has 0 aliphatic rings. The minimum Gasteiger partial charge on any atom is -0.364 e. The van der Waals surface area contributed by atoms with Gasteiger partial charge in [-0.3, -0.25) is 0 Å². The number of aromatic nitrogens is 1. The van der Waals surface area contributed by atoms with Crippen LogP contribution in [0.1, 0.15) is 76.5 Å². The average molecular weight is 209 g/mol. The molecule has 0 aromatic carbocycles. The number of hydrogen-bond donors (Lipinski definition) is 0. The molecule has 0 saturated carbocycles. The number of rotatable bonds is 6. The molecule has 0 aliphatic carbocycles. The van der Waals surface area contributed by atoms with E-state index in [-0.39, 0.29) is 0 Å². The van der Waals surface area contributed by atoms with Gasteiger partial charge in [0.15, 0.2) is 0 Å². The van der Waals surface area contributed by atoms with Gasteiger partial charge in [0, 0.05) is 11.5 Å². The molecule has 1 unspecified atom stereocenters. The minimum atomic E-state index is 0.568. The van der Waals surface area contributed by atoms with E-state index in [4.69, 9.17) is 4.52 Å². The maximum atomic E-state index is 5.15. The third kappa shape index (κ3) is 2.83. The molecule has 0 bridgehead atoms. The summed E-state index contributed by atoms with van der Waals surface area (Å²) in [6, 6.07) is 0. The monoisotopic (exact) mass is 209 g/mol. The van der Waals surface area contributed by atoms with E-state index >= 15 is 0 Å². The highest BCUT2D eigenvalue weighted by Crippen LogP contribution is 2.31. The Kier molecular flexibility index (Phi) is 4.86. The lowest BCUT2D eigenvalue weighted by atomic mass is 9.89. The van der Waals surface area contributed by atoms with Crippen molar-refractivity contribution in [1.82, 2.24) is 5.16 Å². The minimum absolute atomic E-state index is 0.568. The molecule has 0 spiro atoms. The van der Waals surface area contributed by atoms with Gasteiger partial charge in [-0.1, -0.05) is 39.3 Å². The number of hydrogen-bond acceptors (Lipinski definition) is 2. The van der Waals surface area contributed by atoms with Gasteiger partial charge < -0.3 is 4.52 Å². The maximum Gasteiger partial charge on any atom is 0.127 e. The first-order chi connectivity index (χ1) is 7.24. The van der Waals surface area contributed by atoms with E-state index in [2.05, 4.69) is 32.9 Å². The fourth-order valence-electron chi connectivity index (χ4n) is 2.20. The van der Waals surface area contributed by atoms with Crippen molar-refractivity contribution in [2.24, 2.45) is 0 Å². The van der Waals surface area contributed by atoms with Crippen LogP contribution in [0.5, 0.6) is 0 Å². The van der Waals surface area contributed by atoms with Crippen molar-refractivity contribution >= 4 is 0 Å².